The number of hydrogen-bond donors (Lipinski definition) is 16. The summed E-state index contributed by atoms with van der Waals surface area (Å²) in [5.41, 5.74) is -1.64. The van der Waals surface area contributed by atoms with Crippen molar-refractivity contribution in [2.75, 3.05) is 26.4 Å². The molecular weight excluding hydrogens is 1020 g/mol. The molecule has 16 N–H and O–H groups in total. The van der Waals surface area contributed by atoms with Crippen molar-refractivity contribution in [1.82, 2.24) is 0 Å². The lowest BCUT2D eigenvalue weighted by Crippen LogP contribution is -2.67. The van der Waals surface area contributed by atoms with Gasteiger partial charge in [0.05, 0.1) is 62.2 Å². The molecular formula is C52H84O25. The fraction of sp³-hybridized carbons (Fsp3) is 0.942. The quantitative estimate of drug-likeness (QED) is 0.0572. The summed E-state index contributed by atoms with van der Waals surface area (Å²) in [7, 11) is 0. The Bertz CT molecular complexity index is 2050. The van der Waals surface area contributed by atoms with Crippen LogP contribution >= 0.6 is 0 Å². The van der Waals surface area contributed by atoms with Crippen molar-refractivity contribution in [3.05, 3.63) is 12.2 Å². The minimum Gasteiger partial charge on any atom is -0.435 e. The maximum Gasteiger partial charge on any atom is 0.314 e. The molecule has 0 amide bonds. The SMILES string of the molecule is C=C1C[C@@]23CC[C@H]4[C@@](C)(CCC[C@@]4(C)C(=O)O[C@@H]4O[C@H](CO)[C@@H](O)[C@H](O)[C@H]4C[C@@H]4O[C@@H](C)[C@H](O)[C@@H](O)[C@H]4O)[C@@H]2CC[C@]1(C[C@@H]1O[C@H](CO)[C@@H](O)[C@H](O[C@@H]2O[C@H](CO)[C@@H](O)[C@H](O)[C@H]2O)[C@H]1O[C@@H]1O[C@H](CO)[C@@H](O)[C@H](O)[C@H]1O)C3. The zero-order valence-corrected chi connectivity index (χ0v) is 43.7. The summed E-state index contributed by atoms with van der Waals surface area (Å²) >= 11 is 0. The van der Waals surface area contributed by atoms with Crippen LogP contribution in [0.1, 0.15) is 91.4 Å². The summed E-state index contributed by atoms with van der Waals surface area (Å²) < 4.78 is 48.7. The Labute approximate surface area is 445 Å². The predicted molar refractivity (Wildman–Crippen MR) is 257 cm³/mol. The smallest absolute Gasteiger partial charge is 0.314 e. The van der Waals surface area contributed by atoms with Crippen molar-refractivity contribution in [2.24, 2.45) is 39.4 Å². The maximum absolute atomic E-state index is 15.0. The number of aliphatic hydroxyl groups excluding tert-OH is 16. The maximum atomic E-state index is 15.0. The molecule has 9 rings (SSSR count). The van der Waals surface area contributed by atoms with E-state index in [2.05, 4.69) is 13.5 Å². The van der Waals surface area contributed by atoms with Gasteiger partial charge in [-0.3, -0.25) is 4.79 Å². The fourth-order valence-electron chi connectivity index (χ4n) is 16.1. The number of carbonyl (C=O) groups excluding carboxylic acids is 1. The van der Waals surface area contributed by atoms with Crippen LogP contribution in [0.3, 0.4) is 0 Å². The monoisotopic (exact) mass is 1110 g/mol. The van der Waals surface area contributed by atoms with Gasteiger partial charge in [0, 0.05) is 0 Å². The van der Waals surface area contributed by atoms with Crippen molar-refractivity contribution in [1.29, 1.82) is 0 Å². The van der Waals surface area contributed by atoms with Crippen LogP contribution in [0, 0.1) is 39.4 Å². The molecule has 25 nitrogen and oxygen atoms in total. The Morgan fingerprint density at radius 1 is 0.545 bits per heavy atom. The van der Waals surface area contributed by atoms with Gasteiger partial charge in [0.15, 0.2) is 12.6 Å². The van der Waals surface area contributed by atoms with E-state index in [1.807, 2.05) is 6.92 Å². The third kappa shape index (κ3) is 10.3. The van der Waals surface area contributed by atoms with Crippen molar-refractivity contribution < 1.29 is 124 Å². The number of fused-ring (bicyclic) bond motifs is 3. The first kappa shape index (κ1) is 59.9. The van der Waals surface area contributed by atoms with E-state index in [1.165, 1.54) is 6.92 Å². The van der Waals surface area contributed by atoms with Crippen LogP contribution < -0.4 is 0 Å². The summed E-state index contributed by atoms with van der Waals surface area (Å²) in [5, 5.41) is 172. The predicted octanol–water partition coefficient (Wildman–Crippen LogP) is -4.93. The minimum absolute atomic E-state index is 0.0550. The molecule has 25 heteroatoms. The van der Waals surface area contributed by atoms with E-state index in [0.717, 1.165) is 12.0 Å². The number of hydrogen-bond acceptors (Lipinski definition) is 25. The van der Waals surface area contributed by atoms with Crippen LogP contribution in [0.5, 0.6) is 0 Å². The lowest BCUT2D eigenvalue weighted by atomic mass is 9.40. The highest BCUT2D eigenvalue weighted by atomic mass is 16.8. The first-order valence-corrected chi connectivity index (χ1v) is 27.4. The van der Waals surface area contributed by atoms with Crippen molar-refractivity contribution in [3.8, 4) is 0 Å². The molecule has 77 heavy (non-hydrogen) atoms. The van der Waals surface area contributed by atoms with Crippen LogP contribution in [0.25, 0.3) is 0 Å². The zero-order valence-electron chi connectivity index (χ0n) is 43.7. The summed E-state index contributed by atoms with van der Waals surface area (Å²) in [6.45, 7) is 7.21. The van der Waals surface area contributed by atoms with Crippen LogP contribution in [0.15, 0.2) is 12.2 Å². The van der Waals surface area contributed by atoms with E-state index in [9.17, 15) is 86.5 Å². The van der Waals surface area contributed by atoms with Gasteiger partial charge in [-0.25, -0.2) is 0 Å². The molecule has 4 aliphatic carbocycles. The van der Waals surface area contributed by atoms with Crippen LogP contribution in [0.2, 0.25) is 0 Å². The van der Waals surface area contributed by atoms with E-state index in [0.29, 0.717) is 51.4 Å². The molecule has 5 saturated heterocycles. The normalized spacial score (nSPS) is 55.1. The number of esters is 1. The van der Waals surface area contributed by atoms with Crippen LogP contribution in [0.4, 0.5) is 0 Å². The molecule has 0 unspecified atom stereocenters. The fourth-order valence-corrected chi connectivity index (χ4v) is 16.1. The second-order valence-electron chi connectivity index (χ2n) is 24.6. The lowest BCUT2D eigenvalue weighted by Gasteiger charge is -2.64. The lowest BCUT2D eigenvalue weighted by molar-refractivity contribution is -0.372. The number of aliphatic hydroxyl groups is 16. The van der Waals surface area contributed by atoms with Gasteiger partial charge in [0.2, 0.25) is 6.29 Å². The second-order valence-corrected chi connectivity index (χ2v) is 24.6. The average Bonchev–Trinajstić information content (AvgIpc) is 3.93. The Kier molecular flexibility index (Phi) is 17.7. The highest BCUT2D eigenvalue weighted by Crippen LogP contribution is 2.76. The van der Waals surface area contributed by atoms with Gasteiger partial charge >= 0.3 is 5.97 Å². The van der Waals surface area contributed by atoms with Crippen molar-refractivity contribution in [3.63, 3.8) is 0 Å². The Morgan fingerprint density at radius 2 is 1.05 bits per heavy atom. The van der Waals surface area contributed by atoms with Gasteiger partial charge in [0.25, 0.3) is 0 Å². The summed E-state index contributed by atoms with van der Waals surface area (Å²) in [6.07, 6.45) is -32.2. The molecule has 31 atom stereocenters. The Hall–Kier alpha value is -1.71. The third-order valence-electron chi connectivity index (χ3n) is 20.3. The average molecular weight is 1110 g/mol. The number of allylic oxidation sites excluding steroid dienone is 1. The highest BCUT2D eigenvalue weighted by Gasteiger charge is 2.69. The standard InChI is InChI=1S/C52H84O25/c1-20-13-52-11-6-29-49(3,8-5-9-50(29,4)48(69)77-45-22(32(58)34(60)25(15-53)72-45)12-23-33(59)38(64)31(57)21(2)70-23)30(52)7-10-51(20,19-52)14-24-43(75-46-41(67)39(65)35(61)26(16-54)73-46)44(37(63)28(18-56)71-24)76-47-42(68)40(66)36(62)27(17-55)74-47/h21-47,53-68H,1,5-19H2,2-4H3/t21-,22+,23-,24-,25+,26+,27+,28+,29-,30-,31-,32+,33-,34+,35+,36+,37+,38+,39-,40-,41+,42+,43-,44-,45-,46-,47-,49+,50+,51-,52+/m0/s1. The molecule has 5 heterocycles. The molecule has 0 radical (unpaired) electrons. The minimum atomic E-state index is -1.93. The molecule has 2 bridgehead atoms. The molecule has 9 fully saturated rings. The van der Waals surface area contributed by atoms with E-state index in [-0.39, 0.29) is 30.1 Å². The Balaban J connectivity index is 0.969. The molecule has 0 aromatic rings. The van der Waals surface area contributed by atoms with Crippen molar-refractivity contribution >= 4 is 5.97 Å². The second kappa shape index (κ2) is 22.8. The van der Waals surface area contributed by atoms with E-state index in [4.69, 9.17) is 37.9 Å². The van der Waals surface area contributed by atoms with Gasteiger partial charge < -0.3 is 120 Å². The number of ether oxygens (including phenoxy) is 8. The summed E-state index contributed by atoms with van der Waals surface area (Å²) in [4.78, 5) is 15.0. The molecule has 9 aliphatic rings. The molecule has 0 aromatic carbocycles. The van der Waals surface area contributed by atoms with Gasteiger partial charge in [0.1, 0.15) is 104 Å². The molecule has 5 aliphatic heterocycles. The van der Waals surface area contributed by atoms with Gasteiger partial charge in [-0.05, 0) is 106 Å². The van der Waals surface area contributed by atoms with Crippen LogP contribution in [-0.4, -0.2) is 261 Å². The van der Waals surface area contributed by atoms with Gasteiger partial charge in [-0.2, -0.15) is 0 Å². The molecule has 0 aromatic heterocycles. The summed E-state index contributed by atoms with van der Waals surface area (Å²) in [5.74, 6) is -1.95. The number of rotatable bonds is 14. The zero-order chi connectivity index (χ0) is 56.0. The van der Waals surface area contributed by atoms with Crippen molar-refractivity contribution in [2.45, 2.75) is 238 Å². The summed E-state index contributed by atoms with van der Waals surface area (Å²) in [6, 6.07) is 0. The Morgan fingerprint density at radius 3 is 1.64 bits per heavy atom. The first-order chi connectivity index (χ1) is 36.3. The van der Waals surface area contributed by atoms with E-state index >= 15 is 0 Å². The first-order valence-electron chi connectivity index (χ1n) is 27.4. The van der Waals surface area contributed by atoms with E-state index < -0.39 is 202 Å². The molecule has 4 saturated carbocycles. The number of carbonyl (C=O) groups is 1. The van der Waals surface area contributed by atoms with E-state index in [1.54, 1.807) is 0 Å². The molecule has 1 spiro atoms. The third-order valence-corrected chi connectivity index (χ3v) is 20.3. The largest absolute Gasteiger partial charge is 0.435 e. The topological polar surface area (TPSA) is 415 Å². The van der Waals surface area contributed by atoms with Crippen LogP contribution in [-0.2, 0) is 42.7 Å². The molecule has 442 valence electrons. The van der Waals surface area contributed by atoms with Gasteiger partial charge in [-0.1, -0.05) is 25.5 Å². The highest BCUT2D eigenvalue weighted by molar-refractivity contribution is 5.77. The van der Waals surface area contributed by atoms with Gasteiger partial charge in [-0.15, -0.1) is 0 Å².